The van der Waals surface area contributed by atoms with Crippen molar-refractivity contribution in [1.29, 1.82) is 0 Å². The minimum absolute atomic E-state index is 0.0153. The Balaban J connectivity index is 1.70. The van der Waals surface area contributed by atoms with E-state index in [9.17, 15) is 22.8 Å². The molecule has 194 valence electrons. The van der Waals surface area contributed by atoms with Gasteiger partial charge in [-0.2, -0.15) is 18.3 Å². The third-order valence-electron chi connectivity index (χ3n) is 6.81. The zero-order valence-corrected chi connectivity index (χ0v) is 20.5. The van der Waals surface area contributed by atoms with Crippen molar-refractivity contribution in [2.75, 3.05) is 11.9 Å². The van der Waals surface area contributed by atoms with Crippen LogP contribution in [0.2, 0.25) is 0 Å². The number of Topliss-reactive ketones (excluding diaryl/α,β-unsaturated/α-hetero) is 1. The molecule has 0 bridgehead atoms. The van der Waals surface area contributed by atoms with Crippen LogP contribution in [0, 0.1) is 5.41 Å². The van der Waals surface area contributed by atoms with E-state index in [4.69, 9.17) is 10.5 Å². The molecule has 1 fully saturated rings. The highest BCUT2D eigenvalue weighted by molar-refractivity contribution is 6.00. The van der Waals surface area contributed by atoms with Gasteiger partial charge in [0.05, 0.1) is 35.2 Å². The lowest BCUT2D eigenvalue weighted by atomic mass is 9.75. The van der Waals surface area contributed by atoms with E-state index in [0.717, 1.165) is 25.7 Å². The van der Waals surface area contributed by atoms with Crippen LogP contribution in [0.1, 0.15) is 78.1 Å². The third kappa shape index (κ3) is 5.33. The highest BCUT2D eigenvalue weighted by Gasteiger charge is 2.45. The van der Waals surface area contributed by atoms with Crippen LogP contribution in [0.4, 0.5) is 18.9 Å². The van der Waals surface area contributed by atoms with Crippen molar-refractivity contribution >= 4 is 17.4 Å². The molecule has 2 aromatic rings. The average molecular weight is 505 g/mol. The normalized spacial score (nSPS) is 21.6. The summed E-state index contributed by atoms with van der Waals surface area (Å²) >= 11 is 0. The van der Waals surface area contributed by atoms with Gasteiger partial charge in [-0.1, -0.05) is 19.9 Å². The third-order valence-corrected chi connectivity index (χ3v) is 6.81. The molecule has 0 atom stereocenters. The minimum Gasteiger partial charge on any atom is -0.382 e. The van der Waals surface area contributed by atoms with E-state index in [1.54, 1.807) is 12.1 Å². The molecule has 7 nitrogen and oxygen atoms in total. The Morgan fingerprint density at radius 3 is 2.58 bits per heavy atom. The second kappa shape index (κ2) is 9.72. The van der Waals surface area contributed by atoms with Gasteiger partial charge in [-0.15, -0.1) is 6.58 Å². The molecule has 10 heteroatoms. The van der Waals surface area contributed by atoms with E-state index in [-0.39, 0.29) is 41.8 Å². The number of primary amides is 1. The monoisotopic (exact) mass is 504 g/mol. The highest BCUT2D eigenvalue weighted by Crippen LogP contribution is 2.42. The smallest absolute Gasteiger partial charge is 0.382 e. The molecule has 1 saturated carbocycles. The number of nitrogens with one attached hydrogen (secondary N) is 1. The summed E-state index contributed by atoms with van der Waals surface area (Å²) in [5.74, 6) is -1.22. The summed E-state index contributed by atoms with van der Waals surface area (Å²) in [4.78, 5) is 24.9. The first-order valence-corrected chi connectivity index (χ1v) is 12.0. The van der Waals surface area contributed by atoms with Crippen LogP contribution in [0.25, 0.3) is 5.69 Å². The van der Waals surface area contributed by atoms with Crippen LogP contribution in [0.15, 0.2) is 30.9 Å². The van der Waals surface area contributed by atoms with Gasteiger partial charge < -0.3 is 15.8 Å². The number of fused-ring (bicyclic) bond motifs is 1. The van der Waals surface area contributed by atoms with E-state index >= 15 is 0 Å². The molecule has 0 aliphatic heterocycles. The molecule has 0 spiro atoms. The molecule has 1 aromatic carbocycles. The van der Waals surface area contributed by atoms with Crippen LogP contribution in [-0.4, -0.2) is 40.2 Å². The van der Waals surface area contributed by atoms with E-state index in [1.165, 1.54) is 16.8 Å². The van der Waals surface area contributed by atoms with Crippen molar-refractivity contribution in [2.24, 2.45) is 11.1 Å². The number of nitrogens with zero attached hydrogens (tertiary/aromatic N) is 2. The molecule has 2 aliphatic carbocycles. The summed E-state index contributed by atoms with van der Waals surface area (Å²) in [5, 5.41) is 7.21. The van der Waals surface area contributed by atoms with Crippen molar-refractivity contribution in [1.82, 2.24) is 9.78 Å². The van der Waals surface area contributed by atoms with Gasteiger partial charge in [0.15, 0.2) is 11.5 Å². The number of benzene rings is 1. The predicted molar refractivity (Wildman–Crippen MR) is 129 cm³/mol. The Morgan fingerprint density at radius 1 is 1.28 bits per heavy atom. The number of carbonyl (C=O) groups excluding carboxylic acids is 2. The maximum absolute atomic E-state index is 13.8. The number of rotatable bonds is 7. The molecule has 2 aliphatic rings. The largest absolute Gasteiger partial charge is 0.435 e. The first-order chi connectivity index (χ1) is 16.9. The number of ether oxygens (including phenoxy) is 1. The number of nitrogens with two attached hydrogens (primary N) is 1. The fourth-order valence-electron chi connectivity index (χ4n) is 5.16. The van der Waals surface area contributed by atoms with Gasteiger partial charge in [0.25, 0.3) is 5.91 Å². The van der Waals surface area contributed by atoms with Crippen molar-refractivity contribution in [3.63, 3.8) is 0 Å². The number of aromatic nitrogens is 2. The standard InChI is InChI=1S/C26H31F3N4O3/c1-4-11-36-17-8-5-15(6-9-17)31-19-12-16(7-10-18(19)24(30)35)33-20-13-25(2,3)14-21(34)22(20)23(32-33)26(27,28)29/h4,7,10,12,15,17,31H,1,5-6,8-9,11,13-14H2,2-3H3,(H2,30,35)/t15-,17-. The number of ketones is 1. The van der Waals surface area contributed by atoms with Crippen LogP contribution >= 0.6 is 0 Å². The van der Waals surface area contributed by atoms with Gasteiger partial charge in [0.1, 0.15) is 0 Å². The Hall–Kier alpha value is -3.14. The van der Waals surface area contributed by atoms with Crippen molar-refractivity contribution in [2.45, 2.75) is 70.7 Å². The summed E-state index contributed by atoms with van der Waals surface area (Å²) in [6, 6.07) is 4.61. The molecule has 1 heterocycles. The molecule has 0 saturated heterocycles. The maximum atomic E-state index is 13.8. The Morgan fingerprint density at radius 2 is 1.97 bits per heavy atom. The second-order valence-electron chi connectivity index (χ2n) is 10.4. The van der Waals surface area contributed by atoms with E-state index in [0.29, 0.717) is 18.0 Å². The average Bonchev–Trinajstić information content (AvgIpc) is 3.17. The lowest BCUT2D eigenvalue weighted by Crippen LogP contribution is -2.31. The van der Waals surface area contributed by atoms with E-state index in [1.807, 2.05) is 13.8 Å². The molecule has 3 N–H and O–H groups in total. The van der Waals surface area contributed by atoms with Crippen LogP contribution in [-0.2, 0) is 17.3 Å². The Labute approximate surface area is 207 Å². The molecular formula is C26H31F3N4O3. The van der Waals surface area contributed by atoms with Crippen molar-refractivity contribution in [3.05, 3.63) is 53.4 Å². The van der Waals surface area contributed by atoms with Gasteiger partial charge in [-0.05, 0) is 55.7 Å². The van der Waals surface area contributed by atoms with E-state index < -0.39 is 29.0 Å². The molecule has 4 rings (SSSR count). The Bertz CT molecular complexity index is 1180. The minimum atomic E-state index is -4.77. The highest BCUT2D eigenvalue weighted by atomic mass is 19.4. The van der Waals surface area contributed by atoms with Crippen LogP contribution in [0.5, 0.6) is 0 Å². The van der Waals surface area contributed by atoms with Crippen molar-refractivity contribution < 1.29 is 27.5 Å². The topological polar surface area (TPSA) is 99.2 Å². The summed E-state index contributed by atoms with van der Waals surface area (Å²) in [5.41, 5.74) is 4.74. The van der Waals surface area contributed by atoms with Gasteiger partial charge >= 0.3 is 6.18 Å². The molecule has 1 amide bonds. The number of halogens is 3. The molecule has 0 unspecified atom stereocenters. The maximum Gasteiger partial charge on any atom is 0.435 e. The van der Waals surface area contributed by atoms with E-state index in [2.05, 4.69) is 17.0 Å². The molecule has 36 heavy (non-hydrogen) atoms. The van der Waals surface area contributed by atoms with Gasteiger partial charge in [0, 0.05) is 18.2 Å². The number of anilines is 1. The molecule has 1 aromatic heterocycles. The lowest BCUT2D eigenvalue weighted by molar-refractivity contribution is -0.141. The summed E-state index contributed by atoms with van der Waals surface area (Å²) in [6.45, 7) is 7.84. The fraction of sp³-hybridized carbons (Fsp3) is 0.500. The van der Waals surface area contributed by atoms with Crippen LogP contribution < -0.4 is 11.1 Å². The van der Waals surface area contributed by atoms with Crippen molar-refractivity contribution in [3.8, 4) is 5.69 Å². The number of carbonyl (C=O) groups is 2. The summed E-state index contributed by atoms with van der Waals surface area (Å²) < 4.78 is 48.4. The molecule has 0 radical (unpaired) electrons. The number of amides is 1. The number of alkyl halides is 3. The summed E-state index contributed by atoms with van der Waals surface area (Å²) in [6.07, 6.45) is 0.596. The SMILES string of the molecule is C=CCO[C@H]1CC[C@H](Nc2cc(-n3nc(C(F)(F)F)c4c3CC(C)(C)CC4=O)ccc2C(N)=O)CC1. The molecular weight excluding hydrogens is 473 g/mol. The first kappa shape index (κ1) is 25.9. The zero-order valence-electron chi connectivity index (χ0n) is 20.5. The van der Waals surface area contributed by atoms with Gasteiger partial charge in [-0.3, -0.25) is 9.59 Å². The lowest BCUT2D eigenvalue weighted by Gasteiger charge is -2.30. The second-order valence-corrected chi connectivity index (χ2v) is 10.4. The summed E-state index contributed by atoms with van der Waals surface area (Å²) in [7, 11) is 0. The number of hydrogen-bond acceptors (Lipinski definition) is 5. The zero-order chi connectivity index (χ0) is 26.3. The first-order valence-electron chi connectivity index (χ1n) is 12.0. The Kier molecular flexibility index (Phi) is 7.01. The predicted octanol–water partition coefficient (Wildman–Crippen LogP) is 5.07. The number of hydrogen-bond donors (Lipinski definition) is 2. The van der Waals surface area contributed by atoms with Gasteiger partial charge in [-0.25, -0.2) is 4.68 Å². The van der Waals surface area contributed by atoms with Gasteiger partial charge in [0.2, 0.25) is 0 Å². The van der Waals surface area contributed by atoms with Crippen LogP contribution in [0.3, 0.4) is 0 Å². The quantitative estimate of drug-likeness (QED) is 0.513. The fourth-order valence-corrected chi connectivity index (χ4v) is 5.16.